The van der Waals surface area contributed by atoms with Gasteiger partial charge >= 0.3 is 11.8 Å². The molecular formula is C11H13N3O2S. The number of aryl methyl sites for hydroxylation is 1. The number of carbonyl (C=O) groups is 2. The Morgan fingerprint density at radius 2 is 2.29 bits per heavy atom. The number of carbonyl (C=O) groups excluding carboxylic acids is 2. The lowest BCUT2D eigenvalue weighted by molar-refractivity contribution is -0.139. The van der Waals surface area contributed by atoms with E-state index in [1.807, 2.05) is 18.4 Å². The van der Waals surface area contributed by atoms with E-state index < -0.39 is 11.8 Å². The van der Waals surface area contributed by atoms with E-state index in [-0.39, 0.29) is 6.54 Å². The Kier molecular flexibility index (Phi) is 5.09. The van der Waals surface area contributed by atoms with Gasteiger partial charge in [0.1, 0.15) is 0 Å². The first-order chi connectivity index (χ1) is 8.15. The summed E-state index contributed by atoms with van der Waals surface area (Å²) in [5.41, 5.74) is 3.22. The second-order valence-electron chi connectivity index (χ2n) is 3.17. The Morgan fingerprint density at radius 1 is 1.53 bits per heavy atom. The van der Waals surface area contributed by atoms with Crippen LogP contribution in [0.2, 0.25) is 0 Å². The molecule has 0 aromatic carbocycles. The van der Waals surface area contributed by atoms with Gasteiger partial charge in [-0.05, 0) is 23.9 Å². The summed E-state index contributed by atoms with van der Waals surface area (Å²) >= 11 is 1.51. The molecule has 0 bridgehead atoms. The zero-order valence-corrected chi connectivity index (χ0v) is 10.2. The fraction of sp³-hybridized carbons (Fsp3) is 0.182. The minimum absolute atomic E-state index is 0.250. The Morgan fingerprint density at radius 3 is 2.88 bits per heavy atom. The largest absolute Gasteiger partial charge is 0.344 e. The smallest absolute Gasteiger partial charge is 0.329 e. The van der Waals surface area contributed by atoms with Crippen LogP contribution in [0.15, 0.2) is 29.2 Å². The first kappa shape index (κ1) is 13.1. The molecule has 17 heavy (non-hydrogen) atoms. The minimum atomic E-state index is -0.794. The van der Waals surface area contributed by atoms with Gasteiger partial charge in [0.2, 0.25) is 0 Å². The lowest BCUT2D eigenvalue weighted by atomic mass is 10.3. The average Bonchev–Trinajstić information content (AvgIpc) is 2.72. The van der Waals surface area contributed by atoms with Crippen molar-refractivity contribution < 1.29 is 9.59 Å². The van der Waals surface area contributed by atoms with Crippen LogP contribution in [0, 0.1) is 6.92 Å². The predicted molar refractivity (Wildman–Crippen MR) is 68.0 cm³/mol. The summed E-state index contributed by atoms with van der Waals surface area (Å²) in [6.45, 7) is 5.61. The van der Waals surface area contributed by atoms with Crippen LogP contribution < -0.4 is 10.7 Å². The maximum Gasteiger partial charge on any atom is 0.329 e. The number of thiophene rings is 1. The molecule has 0 aliphatic heterocycles. The molecule has 90 valence electrons. The van der Waals surface area contributed by atoms with Crippen LogP contribution in [0.25, 0.3) is 0 Å². The third-order valence-corrected chi connectivity index (χ3v) is 2.82. The number of hydrogen-bond acceptors (Lipinski definition) is 4. The van der Waals surface area contributed by atoms with Gasteiger partial charge in [0.05, 0.1) is 6.21 Å². The van der Waals surface area contributed by atoms with Crippen molar-refractivity contribution >= 4 is 29.4 Å². The average molecular weight is 251 g/mol. The van der Waals surface area contributed by atoms with Gasteiger partial charge < -0.3 is 5.32 Å². The molecule has 5 nitrogen and oxygen atoms in total. The first-order valence-electron chi connectivity index (χ1n) is 4.91. The van der Waals surface area contributed by atoms with Gasteiger partial charge in [0.15, 0.2) is 0 Å². The molecule has 0 atom stereocenters. The number of nitrogens with zero attached hydrogens (tertiary/aromatic N) is 1. The fourth-order valence-electron chi connectivity index (χ4n) is 0.962. The molecular weight excluding hydrogens is 238 g/mol. The van der Waals surface area contributed by atoms with Gasteiger partial charge in [-0.15, -0.1) is 17.9 Å². The van der Waals surface area contributed by atoms with E-state index in [0.717, 1.165) is 10.4 Å². The van der Waals surface area contributed by atoms with Crippen molar-refractivity contribution in [2.45, 2.75) is 6.92 Å². The summed E-state index contributed by atoms with van der Waals surface area (Å²) in [4.78, 5) is 23.3. The van der Waals surface area contributed by atoms with E-state index in [9.17, 15) is 9.59 Å². The number of hydrogen-bond donors (Lipinski definition) is 2. The topological polar surface area (TPSA) is 70.6 Å². The number of hydrazone groups is 1. The lowest BCUT2D eigenvalue weighted by Gasteiger charge is -1.99. The van der Waals surface area contributed by atoms with Crippen molar-refractivity contribution in [2.24, 2.45) is 5.10 Å². The quantitative estimate of drug-likeness (QED) is 0.360. The van der Waals surface area contributed by atoms with Crippen LogP contribution in [0.5, 0.6) is 0 Å². The maximum absolute atomic E-state index is 11.2. The van der Waals surface area contributed by atoms with E-state index >= 15 is 0 Å². The minimum Gasteiger partial charge on any atom is -0.344 e. The van der Waals surface area contributed by atoms with E-state index in [0.29, 0.717) is 0 Å². The zero-order valence-electron chi connectivity index (χ0n) is 9.40. The molecule has 1 rings (SSSR count). The third-order valence-electron chi connectivity index (χ3n) is 1.86. The lowest BCUT2D eigenvalue weighted by Crippen LogP contribution is -2.37. The van der Waals surface area contributed by atoms with Crippen LogP contribution in [0.3, 0.4) is 0 Å². The van der Waals surface area contributed by atoms with Crippen molar-refractivity contribution in [2.75, 3.05) is 6.54 Å². The molecule has 0 saturated heterocycles. The van der Waals surface area contributed by atoms with E-state index in [1.54, 1.807) is 0 Å². The van der Waals surface area contributed by atoms with Gasteiger partial charge in [0.25, 0.3) is 0 Å². The second-order valence-corrected chi connectivity index (χ2v) is 4.11. The van der Waals surface area contributed by atoms with Crippen LogP contribution in [-0.2, 0) is 9.59 Å². The molecule has 0 spiro atoms. The molecule has 6 heteroatoms. The van der Waals surface area contributed by atoms with Gasteiger partial charge in [0, 0.05) is 11.4 Å². The monoisotopic (exact) mass is 251 g/mol. The predicted octanol–water partition coefficient (Wildman–Crippen LogP) is 0.809. The zero-order chi connectivity index (χ0) is 12.7. The number of amides is 2. The van der Waals surface area contributed by atoms with Crippen LogP contribution in [-0.4, -0.2) is 24.6 Å². The Hall–Kier alpha value is -1.95. The van der Waals surface area contributed by atoms with Gasteiger partial charge in [-0.2, -0.15) is 5.10 Å². The van der Waals surface area contributed by atoms with E-state index in [2.05, 4.69) is 22.4 Å². The molecule has 0 fully saturated rings. The van der Waals surface area contributed by atoms with Crippen molar-refractivity contribution in [3.8, 4) is 0 Å². The highest BCUT2D eigenvalue weighted by Crippen LogP contribution is 2.12. The van der Waals surface area contributed by atoms with Gasteiger partial charge in [-0.3, -0.25) is 9.59 Å². The summed E-state index contributed by atoms with van der Waals surface area (Å²) < 4.78 is 0. The SMILES string of the molecule is C=CCNC(=O)C(=O)N/N=C\c1sccc1C. The molecule has 1 aromatic heterocycles. The first-order valence-corrected chi connectivity index (χ1v) is 5.79. The molecule has 0 saturated carbocycles. The molecule has 2 amide bonds. The third kappa shape index (κ3) is 4.20. The maximum atomic E-state index is 11.2. The van der Waals surface area contributed by atoms with Crippen LogP contribution in [0.1, 0.15) is 10.4 Å². The summed E-state index contributed by atoms with van der Waals surface area (Å²) in [6.07, 6.45) is 3.00. The molecule has 0 aliphatic carbocycles. The molecule has 2 N–H and O–H groups in total. The van der Waals surface area contributed by atoms with Crippen LogP contribution >= 0.6 is 11.3 Å². The highest BCUT2D eigenvalue weighted by Gasteiger charge is 2.10. The number of rotatable bonds is 4. The number of nitrogens with one attached hydrogen (secondary N) is 2. The Balaban J connectivity index is 2.43. The summed E-state index contributed by atoms with van der Waals surface area (Å²) in [5.74, 6) is -1.53. The fourth-order valence-corrected chi connectivity index (χ4v) is 1.75. The molecule has 0 aliphatic rings. The van der Waals surface area contributed by atoms with Crippen molar-refractivity contribution in [1.29, 1.82) is 0 Å². The highest BCUT2D eigenvalue weighted by atomic mass is 32.1. The molecule has 0 radical (unpaired) electrons. The van der Waals surface area contributed by atoms with Gasteiger partial charge in [-0.25, -0.2) is 5.43 Å². The highest BCUT2D eigenvalue weighted by molar-refractivity contribution is 7.11. The standard InChI is InChI=1S/C11H13N3O2S/c1-3-5-12-10(15)11(16)14-13-7-9-8(2)4-6-17-9/h3-4,6-7H,1,5H2,2H3,(H,12,15)(H,14,16)/b13-7-. The molecule has 0 unspecified atom stereocenters. The summed E-state index contributed by atoms with van der Waals surface area (Å²) in [6, 6.07) is 1.95. The Bertz CT molecular complexity index is 451. The molecule has 1 heterocycles. The molecule has 1 aromatic rings. The van der Waals surface area contributed by atoms with E-state index in [1.165, 1.54) is 23.6 Å². The van der Waals surface area contributed by atoms with Crippen LogP contribution in [0.4, 0.5) is 0 Å². The van der Waals surface area contributed by atoms with Crippen molar-refractivity contribution in [3.05, 3.63) is 34.5 Å². The summed E-state index contributed by atoms with van der Waals surface area (Å²) in [5, 5.41) is 7.98. The van der Waals surface area contributed by atoms with Gasteiger partial charge in [-0.1, -0.05) is 6.08 Å². The van der Waals surface area contributed by atoms with Crippen molar-refractivity contribution in [1.82, 2.24) is 10.7 Å². The second kappa shape index (κ2) is 6.59. The Labute approximate surface area is 103 Å². The summed E-state index contributed by atoms with van der Waals surface area (Å²) in [7, 11) is 0. The van der Waals surface area contributed by atoms with Crippen molar-refractivity contribution in [3.63, 3.8) is 0 Å². The van der Waals surface area contributed by atoms with E-state index in [4.69, 9.17) is 0 Å². The normalized spacial score (nSPS) is 10.2.